The third-order valence-electron chi connectivity index (χ3n) is 6.04. The summed E-state index contributed by atoms with van der Waals surface area (Å²) in [7, 11) is 2.92. The predicted molar refractivity (Wildman–Crippen MR) is 118 cm³/mol. The number of anilines is 1. The average Bonchev–Trinajstić information content (AvgIpc) is 2.72. The Morgan fingerprint density at radius 3 is 2.13 bits per heavy atom. The number of methoxy groups -OCH3 is 2. The number of ether oxygens (including phenoxy) is 2. The molecule has 31 heavy (non-hydrogen) atoms. The first-order valence-electron chi connectivity index (χ1n) is 10.5. The van der Waals surface area contributed by atoms with Gasteiger partial charge in [0, 0.05) is 35.7 Å². The minimum absolute atomic E-state index is 0.0468. The molecule has 1 aliphatic heterocycles. The Labute approximate surface area is 182 Å². The monoisotopic (exact) mass is 421 g/mol. The molecule has 2 aromatic carbocycles. The molecular formula is C25H27NO5. The van der Waals surface area contributed by atoms with Gasteiger partial charge in [-0.1, -0.05) is 6.07 Å². The Morgan fingerprint density at radius 2 is 1.55 bits per heavy atom. The summed E-state index contributed by atoms with van der Waals surface area (Å²) in [5, 5.41) is 10.3. The molecular weight excluding hydrogens is 394 g/mol. The third-order valence-corrected chi connectivity index (χ3v) is 6.04. The molecule has 2 aromatic rings. The summed E-state index contributed by atoms with van der Waals surface area (Å²) < 4.78 is 10.6. The van der Waals surface area contributed by atoms with E-state index >= 15 is 0 Å². The van der Waals surface area contributed by atoms with Crippen molar-refractivity contribution < 1.29 is 24.2 Å². The van der Waals surface area contributed by atoms with Gasteiger partial charge in [-0.3, -0.25) is 14.5 Å². The van der Waals surface area contributed by atoms with E-state index in [1.54, 1.807) is 17.0 Å². The number of amides is 1. The quantitative estimate of drug-likeness (QED) is 0.784. The van der Waals surface area contributed by atoms with Gasteiger partial charge in [-0.05, 0) is 67.6 Å². The van der Waals surface area contributed by atoms with Gasteiger partial charge in [-0.2, -0.15) is 0 Å². The minimum Gasteiger partial charge on any atom is -0.502 e. The lowest BCUT2D eigenvalue weighted by Gasteiger charge is -2.38. The van der Waals surface area contributed by atoms with Crippen molar-refractivity contribution in [1.82, 2.24) is 0 Å². The van der Waals surface area contributed by atoms with Crippen molar-refractivity contribution in [2.75, 3.05) is 19.1 Å². The number of allylic oxidation sites excluding steroid dienone is 2. The lowest BCUT2D eigenvalue weighted by atomic mass is 9.77. The molecule has 0 saturated heterocycles. The smallest absolute Gasteiger partial charge is 0.232 e. The molecule has 6 heteroatoms. The van der Waals surface area contributed by atoms with Gasteiger partial charge in [-0.15, -0.1) is 0 Å². The number of aromatic hydroxyl groups is 1. The van der Waals surface area contributed by atoms with Crippen LogP contribution in [-0.2, 0) is 9.59 Å². The van der Waals surface area contributed by atoms with Crippen molar-refractivity contribution in [1.29, 1.82) is 0 Å². The van der Waals surface area contributed by atoms with E-state index in [1.807, 2.05) is 26.0 Å². The Bertz CT molecular complexity index is 1060. The standard InChI is InChI=1S/C25H27NO5/c1-14-8-15(2)10-17(9-14)26-19-6-5-7-20(27)24(19)18(13-23(26)28)16-11-21(30-3)25(29)22(12-16)31-4/h8-12,18,29H,5-7,13H2,1-4H3. The number of benzene rings is 2. The third kappa shape index (κ3) is 3.67. The van der Waals surface area contributed by atoms with Crippen molar-refractivity contribution in [3.8, 4) is 17.2 Å². The van der Waals surface area contributed by atoms with E-state index in [2.05, 4.69) is 6.07 Å². The number of aryl methyl sites for hydroxylation is 2. The van der Waals surface area contributed by atoms with Crippen LogP contribution in [0.1, 0.15) is 48.3 Å². The largest absolute Gasteiger partial charge is 0.502 e. The van der Waals surface area contributed by atoms with Crippen LogP contribution < -0.4 is 14.4 Å². The zero-order valence-electron chi connectivity index (χ0n) is 18.3. The molecule has 4 rings (SSSR count). The highest BCUT2D eigenvalue weighted by Gasteiger charge is 2.40. The Hall–Kier alpha value is -3.28. The molecule has 0 saturated carbocycles. The fourth-order valence-corrected chi connectivity index (χ4v) is 4.77. The second-order valence-electron chi connectivity index (χ2n) is 8.24. The number of phenolic OH excluding ortho intramolecular Hbond substituents is 1. The average molecular weight is 421 g/mol. The zero-order valence-corrected chi connectivity index (χ0v) is 18.3. The van der Waals surface area contributed by atoms with Crippen molar-refractivity contribution in [2.24, 2.45) is 0 Å². The number of rotatable bonds is 4. The van der Waals surface area contributed by atoms with Crippen LogP contribution in [0, 0.1) is 13.8 Å². The highest BCUT2D eigenvalue weighted by molar-refractivity contribution is 6.07. The summed E-state index contributed by atoms with van der Waals surface area (Å²) in [6.07, 6.45) is 2.02. The van der Waals surface area contributed by atoms with Crippen LogP contribution >= 0.6 is 0 Å². The molecule has 1 N–H and O–H groups in total. The number of hydrogen-bond acceptors (Lipinski definition) is 5. The fourth-order valence-electron chi connectivity index (χ4n) is 4.77. The van der Waals surface area contributed by atoms with Crippen molar-refractivity contribution in [3.63, 3.8) is 0 Å². The van der Waals surface area contributed by atoms with E-state index in [4.69, 9.17) is 9.47 Å². The molecule has 1 amide bonds. The molecule has 162 valence electrons. The molecule has 1 heterocycles. The van der Waals surface area contributed by atoms with Crippen molar-refractivity contribution in [2.45, 2.75) is 45.4 Å². The molecule has 0 spiro atoms. The molecule has 0 aromatic heterocycles. The zero-order chi connectivity index (χ0) is 22.3. The maximum atomic E-state index is 13.4. The lowest BCUT2D eigenvalue weighted by molar-refractivity contribution is -0.119. The van der Waals surface area contributed by atoms with Gasteiger partial charge in [0.05, 0.1) is 14.2 Å². The number of hydrogen-bond donors (Lipinski definition) is 1. The summed E-state index contributed by atoms with van der Waals surface area (Å²) in [5.41, 5.74) is 5.14. The second-order valence-corrected chi connectivity index (χ2v) is 8.24. The Kier molecular flexibility index (Phi) is 5.48. The van der Waals surface area contributed by atoms with Crippen LogP contribution in [-0.4, -0.2) is 31.0 Å². The summed E-state index contributed by atoms with van der Waals surface area (Å²) >= 11 is 0. The Morgan fingerprint density at radius 1 is 0.935 bits per heavy atom. The normalized spacial score (nSPS) is 18.8. The van der Waals surface area contributed by atoms with Crippen LogP contribution in [0.5, 0.6) is 17.2 Å². The number of carbonyl (C=O) groups is 2. The van der Waals surface area contributed by atoms with Crippen molar-refractivity contribution in [3.05, 3.63) is 58.3 Å². The number of ketones is 1. The minimum atomic E-state index is -0.402. The maximum Gasteiger partial charge on any atom is 0.232 e. The lowest BCUT2D eigenvalue weighted by Crippen LogP contribution is -2.40. The van der Waals surface area contributed by atoms with Gasteiger partial charge in [0.15, 0.2) is 17.3 Å². The molecule has 0 bridgehead atoms. The number of carbonyl (C=O) groups excluding carboxylic acids is 2. The first-order valence-corrected chi connectivity index (χ1v) is 10.5. The fraction of sp³-hybridized carbons (Fsp3) is 0.360. The van der Waals surface area contributed by atoms with E-state index in [1.165, 1.54) is 14.2 Å². The van der Waals surface area contributed by atoms with E-state index in [0.29, 0.717) is 18.4 Å². The molecule has 0 radical (unpaired) electrons. The van der Waals surface area contributed by atoms with Crippen molar-refractivity contribution >= 4 is 17.4 Å². The van der Waals surface area contributed by atoms with E-state index in [-0.39, 0.29) is 35.4 Å². The summed E-state index contributed by atoms with van der Waals surface area (Å²) in [6.45, 7) is 4.01. The number of nitrogens with zero attached hydrogens (tertiary/aromatic N) is 1. The van der Waals surface area contributed by atoms with Crippen LogP contribution in [0.25, 0.3) is 0 Å². The van der Waals surface area contributed by atoms with Crippen LogP contribution in [0.2, 0.25) is 0 Å². The summed E-state index contributed by atoms with van der Waals surface area (Å²) in [5.74, 6) is 0.0271. The molecule has 0 fully saturated rings. The maximum absolute atomic E-state index is 13.4. The summed E-state index contributed by atoms with van der Waals surface area (Å²) in [4.78, 5) is 28.2. The second kappa shape index (κ2) is 8.10. The first kappa shape index (κ1) is 21.0. The van der Waals surface area contributed by atoms with E-state index in [9.17, 15) is 14.7 Å². The van der Waals surface area contributed by atoms with Crippen LogP contribution in [0.15, 0.2) is 41.6 Å². The topological polar surface area (TPSA) is 76.1 Å². The van der Waals surface area contributed by atoms with Gasteiger partial charge < -0.3 is 14.6 Å². The molecule has 6 nitrogen and oxygen atoms in total. The molecule has 1 aliphatic carbocycles. The molecule has 2 aliphatic rings. The first-order chi connectivity index (χ1) is 14.8. The van der Waals surface area contributed by atoms with Gasteiger partial charge in [0.2, 0.25) is 11.7 Å². The van der Waals surface area contributed by atoms with Crippen LogP contribution in [0.3, 0.4) is 0 Å². The van der Waals surface area contributed by atoms with Gasteiger partial charge in [0.25, 0.3) is 0 Å². The highest BCUT2D eigenvalue weighted by Crippen LogP contribution is 2.47. The number of Topliss-reactive ketones (excluding diaryl/α,β-unsaturated/α-hetero) is 1. The Balaban J connectivity index is 1.89. The SMILES string of the molecule is COc1cc(C2CC(=O)N(c3cc(C)cc(C)c3)C3=C2C(=O)CCC3)cc(OC)c1O. The molecule has 1 unspecified atom stereocenters. The number of phenols is 1. The summed E-state index contributed by atoms with van der Waals surface area (Å²) in [6, 6.07) is 9.42. The van der Waals surface area contributed by atoms with Crippen LogP contribution in [0.4, 0.5) is 5.69 Å². The van der Waals surface area contributed by atoms with E-state index in [0.717, 1.165) is 34.5 Å². The predicted octanol–water partition coefficient (Wildman–Crippen LogP) is 4.55. The van der Waals surface area contributed by atoms with Gasteiger partial charge >= 0.3 is 0 Å². The highest BCUT2D eigenvalue weighted by atomic mass is 16.5. The molecule has 1 atom stereocenters. The van der Waals surface area contributed by atoms with E-state index < -0.39 is 5.92 Å². The van der Waals surface area contributed by atoms with Gasteiger partial charge in [-0.25, -0.2) is 0 Å². The van der Waals surface area contributed by atoms with Gasteiger partial charge in [0.1, 0.15) is 0 Å².